The van der Waals surface area contributed by atoms with Gasteiger partial charge in [0.25, 0.3) is 5.91 Å². The standard InChI is InChI=1S/C25H25ClF2N4O2/c26-21-9-2-1-8-20(21)25(27,28)34-22-15-19(16-31-23(22)29)17-6-5-7-18(14-17)24(33)30-10-13-32-11-3-4-12-32/h1-2,5-9,14-16H,3-4,10-13H2,(H2,29,31)(H,30,33). The average molecular weight is 487 g/mol. The van der Waals surface area contributed by atoms with Gasteiger partial charge >= 0.3 is 6.11 Å². The van der Waals surface area contributed by atoms with E-state index in [0.29, 0.717) is 23.2 Å². The Bertz CT molecular complexity index is 1170. The van der Waals surface area contributed by atoms with Gasteiger partial charge in [0, 0.05) is 30.4 Å². The topological polar surface area (TPSA) is 80.5 Å². The molecule has 1 aliphatic heterocycles. The Kier molecular flexibility index (Phi) is 7.29. The van der Waals surface area contributed by atoms with Gasteiger partial charge in [-0.15, -0.1) is 0 Å². The van der Waals surface area contributed by atoms with Crippen molar-refractivity contribution >= 4 is 23.3 Å². The first-order chi connectivity index (χ1) is 16.3. The number of benzene rings is 2. The van der Waals surface area contributed by atoms with E-state index in [-0.39, 0.29) is 22.5 Å². The number of anilines is 1. The first-order valence-electron chi connectivity index (χ1n) is 11.0. The molecule has 1 amide bonds. The summed E-state index contributed by atoms with van der Waals surface area (Å²) in [5, 5.41) is 2.80. The van der Waals surface area contributed by atoms with Gasteiger partial charge in [-0.05, 0) is 61.8 Å². The van der Waals surface area contributed by atoms with Crippen LogP contribution >= 0.6 is 11.6 Å². The highest BCUT2D eigenvalue weighted by atomic mass is 35.5. The van der Waals surface area contributed by atoms with Crippen molar-refractivity contribution in [2.24, 2.45) is 0 Å². The number of halogens is 3. The van der Waals surface area contributed by atoms with E-state index >= 15 is 0 Å². The van der Waals surface area contributed by atoms with Crippen LogP contribution in [0.5, 0.6) is 5.75 Å². The monoisotopic (exact) mass is 486 g/mol. The van der Waals surface area contributed by atoms with Crippen molar-refractivity contribution in [2.45, 2.75) is 19.0 Å². The third-order valence-electron chi connectivity index (χ3n) is 5.68. The lowest BCUT2D eigenvalue weighted by atomic mass is 10.0. The number of rotatable bonds is 8. The number of nitrogen functional groups attached to an aromatic ring is 1. The van der Waals surface area contributed by atoms with Gasteiger partial charge in [0.05, 0.1) is 10.6 Å². The predicted octanol–water partition coefficient (Wildman–Crippen LogP) is 4.94. The third kappa shape index (κ3) is 5.63. The molecule has 0 atom stereocenters. The maximum absolute atomic E-state index is 14.8. The zero-order valence-electron chi connectivity index (χ0n) is 18.4. The summed E-state index contributed by atoms with van der Waals surface area (Å²) < 4.78 is 34.5. The van der Waals surface area contributed by atoms with Crippen LogP contribution in [0.2, 0.25) is 5.02 Å². The van der Waals surface area contributed by atoms with Crippen molar-refractivity contribution in [1.29, 1.82) is 0 Å². The summed E-state index contributed by atoms with van der Waals surface area (Å²) in [6.45, 7) is 3.50. The van der Waals surface area contributed by atoms with Crippen LogP contribution in [-0.2, 0) is 6.11 Å². The van der Waals surface area contributed by atoms with Gasteiger partial charge in [-0.25, -0.2) is 4.98 Å². The smallest absolute Gasteiger partial charge is 0.425 e. The van der Waals surface area contributed by atoms with E-state index < -0.39 is 11.7 Å². The van der Waals surface area contributed by atoms with Crippen molar-refractivity contribution in [3.8, 4) is 16.9 Å². The minimum absolute atomic E-state index is 0.126. The summed E-state index contributed by atoms with van der Waals surface area (Å²) in [5.74, 6) is -0.680. The van der Waals surface area contributed by atoms with E-state index in [2.05, 4.69) is 15.2 Å². The second-order valence-corrected chi connectivity index (χ2v) is 8.50. The molecular formula is C25H25ClF2N4O2. The number of hydrogen-bond donors (Lipinski definition) is 2. The Labute approximate surface area is 201 Å². The van der Waals surface area contributed by atoms with E-state index in [9.17, 15) is 13.6 Å². The quantitative estimate of drug-likeness (QED) is 0.471. The second kappa shape index (κ2) is 10.4. The Morgan fingerprint density at radius 1 is 1.12 bits per heavy atom. The largest absolute Gasteiger partial charge is 0.428 e. The van der Waals surface area contributed by atoms with Crippen LogP contribution < -0.4 is 15.8 Å². The van der Waals surface area contributed by atoms with Crippen LogP contribution in [0.25, 0.3) is 11.1 Å². The fourth-order valence-electron chi connectivity index (χ4n) is 3.86. The number of nitrogens with two attached hydrogens (primary N) is 1. The second-order valence-electron chi connectivity index (χ2n) is 8.09. The van der Waals surface area contributed by atoms with E-state index in [1.54, 1.807) is 30.3 Å². The van der Waals surface area contributed by atoms with E-state index in [1.807, 2.05) is 0 Å². The average Bonchev–Trinajstić information content (AvgIpc) is 3.34. The van der Waals surface area contributed by atoms with Crippen LogP contribution in [-0.4, -0.2) is 42.0 Å². The van der Waals surface area contributed by atoms with Gasteiger partial charge in [0.15, 0.2) is 11.6 Å². The molecule has 1 aliphatic rings. The maximum atomic E-state index is 14.8. The number of likely N-dealkylation sites (tertiary alicyclic amines) is 1. The Morgan fingerprint density at radius 2 is 1.88 bits per heavy atom. The molecule has 0 spiro atoms. The number of aromatic nitrogens is 1. The highest BCUT2D eigenvalue weighted by Gasteiger charge is 2.37. The maximum Gasteiger partial charge on any atom is 0.428 e. The van der Waals surface area contributed by atoms with Gasteiger partial charge in [0.2, 0.25) is 0 Å². The van der Waals surface area contributed by atoms with Crippen LogP contribution in [0, 0.1) is 0 Å². The van der Waals surface area contributed by atoms with Crippen LogP contribution in [0.3, 0.4) is 0 Å². The summed E-state index contributed by atoms with van der Waals surface area (Å²) in [7, 11) is 0. The lowest BCUT2D eigenvalue weighted by molar-refractivity contribution is -0.185. The van der Waals surface area contributed by atoms with Gasteiger partial charge in [-0.1, -0.05) is 35.9 Å². The Hall–Kier alpha value is -3.23. The molecule has 1 aromatic heterocycles. The fraction of sp³-hybridized carbons (Fsp3) is 0.280. The predicted molar refractivity (Wildman–Crippen MR) is 128 cm³/mol. The molecule has 0 aliphatic carbocycles. The summed E-state index contributed by atoms with van der Waals surface area (Å²) >= 11 is 5.91. The molecule has 0 bridgehead atoms. The number of hydrogen-bond acceptors (Lipinski definition) is 5. The van der Waals surface area contributed by atoms with Crippen molar-refractivity contribution < 1.29 is 18.3 Å². The molecule has 3 N–H and O–H groups in total. The zero-order valence-corrected chi connectivity index (χ0v) is 19.2. The summed E-state index contributed by atoms with van der Waals surface area (Å²) in [6.07, 6.45) is 0.118. The number of ether oxygens (including phenoxy) is 1. The Balaban J connectivity index is 1.50. The molecular weight excluding hydrogens is 462 g/mol. The molecule has 6 nitrogen and oxygen atoms in total. The van der Waals surface area contributed by atoms with E-state index in [4.69, 9.17) is 22.1 Å². The zero-order chi connectivity index (χ0) is 24.1. The molecule has 2 aromatic carbocycles. The Morgan fingerprint density at radius 3 is 2.65 bits per heavy atom. The van der Waals surface area contributed by atoms with Crippen LogP contribution in [0.15, 0.2) is 60.8 Å². The highest BCUT2D eigenvalue weighted by Crippen LogP contribution is 2.38. The van der Waals surface area contributed by atoms with Crippen molar-refractivity contribution in [1.82, 2.24) is 15.2 Å². The molecule has 1 saturated heterocycles. The highest BCUT2D eigenvalue weighted by molar-refractivity contribution is 6.31. The first kappa shape index (κ1) is 23.9. The molecule has 9 heteroatoms. The number of carbonyl (C=O) groups excluding carboxylic acids is 1. The fourth-order valence-corrected chi connectivity index (χ4v) is 4.11. The first-order valence-corrected chi connectivity index (χ1v) is 11.4. The number of amides is 1. The molecule has 34 heavy (non-hydrogen) atoms. The number of nitrogens with zero attached hydrogens (tertiary/aromatic N) is 2. The minimum atomic E-state index is -3.72. The SMILES string of the molecule is Nc1ncc(-c2cccc(C(=O)NCCN3CCCC3)c2)cc1OC(F)(F)c1ccccc1Cl. The van der Waals surface area contributed by atoms with Crippen molar-refractivity contribution in [3.63, 3.8) is 0 Å². The molecule has 1 fully saturated rings. The number of alkyl halides is 2. The van der Waals surface area contributed by atoms with Gasteiger partial charge in [-0.2, -0.15) is 8.78 Å². The number of carbonyl (C=O) groups is 1. The minimum Gasteiger partial charge on any atom is -0.425 e. The van der Waals surface area contributed by atoms with Crippen molar-refractivity contribution in [3.05, 3.63) is 76.9 Å². The summed E-state index contributed by atoms with van der Waals surface area (Å²) in [4.78, 5) is 18.9. The van der Waals surface area contributed by atoms with E-state index in [0.717, 1.165) is 19.6 Å². The van der Waals surface area contributed by atoms with Crippen LogP contribution in [0.1, 0.15) is 28.8 Å². The number of pyridine rings is 1. The molecule has 3 aromatic rings. The summed E-state index contributed by atoms with van der Waals surface area (Å²) in [5.41, 5.74) is 6.88. The normalized spacial score (nSPS) is 14.2. The van der Waals surface area contributed by atoms with Crippen LogP contribution in [0.4, 0.5) is 14.6 Å². The van der Waals surface area contributed by atoms with Crippen molar-refractivity contribution in [2.75, 3.05) is 31.9 Å². The lowest BCUT2D eigenvalue weighted by Crippen LogP contribution is -2.33. The molecule has 2 heterocycles. The lowest BCUT2D eigenvalue weighted by Gasteiger charge is -2.20. The van der Waals surface area contributed by atoms with E-state index in [1.165, 1.54) is 43.3 Å². The molecule has 0 radical (unpaired) electrons. The molecule has 0 saturated carbocycles. The van der Waals surface area contributed by atoms with Gasteiger partial charge in [-0.3, -0.25) is 4.79 Å². The summed E-state index contributed by atoms with van der Waals surface area (Å²) in [6, 6.07) is 13.8. The molecule has 0 unspecified atom stereocenters. The van der Waals surface area contributed by atoms with Gasteiger partial charge < -0.3 is 20.7 Å². The number of nitrogens with one attached hydrogen (secondary N) is 1. The van der Waals surface area contributed by atoms with Gasteiger partial charge in [0.1, 0.15) is 0 Å². The molecule has 178 valence electrons. The molecule has 4 rings (SSSR count). The third-order valence-corrected chi connectivity index (χ3v) is 6.01.